The monoisotopic (exact) mass is 279 g/mol. The van der Waals surface area contributed by atoms with E-state index in [1.165, 1.54) is 5.56 Å². The fourth-order valence-electron chi connectivity index (χ4n) is 2.05. The maximum atomic E-state index is 3.76. The van der Waals surface area contributed by atoms with Crippen LogP contribution in [0.3, 0.4) is 0 Å². The van der Waals surface area contributed by atoms with Crippen molar-refractivity contribution in [1.29, 1.82) is 0 Å². The van der Waals surface area contributed by atoms with E-state index in [4.69, 9.17) is 0 Å². The summed E-state index contributed by atoms with van der Waals surface area (Å²) in [6, 6.07) is 11.3. The normalized spacial score (nSPS) is 14.4. The highest BCUT2D eigenvalue weighted by Gasteiger charge is 2.23. The van der Waals surface area contributed by atoms with Gasteiger partial charge in [0.05, 0.1) is 0 Å². The van der Waals surface area contributed by atoms with Crippen molar-refractivity contribution in [3.63, 3.8) is 0 Å². The maximum absolute atomic E-state index is 3.76. The zero-order chi connectivity index (χ0) is 14.5. The molecule has 1 N–H and O–H groups in total. The van der Waals surface area contributed by atoms with Crippen molar-refractivity contribution in [2.45, 2.75) is 51.8 Å². The molecule has 1 nitrogen and oxygen atoms in total. The topological polar surface area (TPSA) is 12.0 Å². The van der Waals surface area contributed by atoms with Gasteiger partial charge in [0, 0.05) is 17.3 Å². The third kappa shape index (κ3) is 6.49. The van der Waals surface area contributed by atoms with Crippen LogP contribution in [0.15, 0.2) is 30.3 Å². The number of hydrogen-bond donors (Lipinski definition) is 1. The summed E-state index contributed by atoms with van der Waals surface area (Å²) in [5.41, 5.74) is 1.73. The van der Waals surface area contributed by atoms with Crippen LogP contribution in [0.5, 0.6) is 0 Å². The minimum atomic E-state index is 0.283. The van der Waals surface area contributed by atoms with Crippen molar-refractivity contribution in [1.82, 2.24) is 5.32 Å². The van der Waals surface area contributed by atoms with Crippen LogP contribution in [-0.4, -0.2) is 17.5 Å². The Kier molecular flexibility index (Phi) is 5.94. The van der Waals surface area contributed by atoms with Gasteiger partial charge in [0.25, 0.3) is 0 Å². The molecule has 0 amide bonds. The quantitative estimate of drug-likeness (QED) is 0.795. The highest BCUT2D eigenvalue weighted by molar-refractivity contribution is 7.99. The first-order valence-electron chi connectivity index (χ1n) is 7.07. The van der Waals surface area contributed by atoms with E-state index in [9.17, 15) is 0 Å². The molecule has 0 aromatic heterocycles. The Morgan fingerprint density at radius 1 is 1.05 bits per heavy atom. The molecule has 0 aliphatic heterocycles. The molecule has 0 heterocycles. The average molecular weight is 279 g/mol. The summed E-state index contributed by atoms with van der Waals surface area (Å²) in [6.45, 7) is 12.6. The maximum Gasteiger partial charge on any atom is 0.0325 e. The van der Waals surface area contributed by atoms with Crippen LogP contribution in [0.1, 0.15) is 52.6 Å². The third-order valence-corrected chi connectivity index (χ3v) is 4.59. The Morgan fingerprint density at radius 2 is 1.63 bits per heavy atom. The van der Waals surface area contributed by atoms with Crippen molar-refractivity contribution in [3.8, 4) is 0 Å². The number of rotatable bonds is 6. The van der Waals surface area contributed by atoms with Gasteiger partial charge >= 0.3 is 0 Å². The first-order valence-corrected chi connectivity index (χ1v) is 8.29. The molecule has 0 spiro atoms. The lowest BCUT2D eigenvalue weighted by molar-refractivity contribution is 0.307. The van der Waals surface area contributed by atoms with Gasteiger partial charge in [-0.1, -0.05) is 51.1 Å². The molecule has 1 aromatic carbocycles. The van der Waals surface area contributed by atoms with E-state index in [0.717, 1.165) is 13.0 Å². The molecule has 1 unspecified atom stereocenters. The van der Waals surface area contributed by atoms with Crippen molar-refractivity contribution in [3.05, 3.63) is 35.9 Å². The molecule has 1 rings (SSSR count). The minimum absolute atomic E-state index is 0.283. The summed E-state index contributed by atoms with van der Waals surface area (Å²) in [7, 11) is 0. The van der Waals surface area contributed by atoms with Gasteiger partial charge in [-0.25, -0.2) is 0 Å². The van der Waals surface area contributed by atoms with Gasteiger partial charge in [0.1, 0.15) is 0 Å². The predicted octanol–water partition coefficient (Wildman–Crippen LogP) is 4.90. The highest BCUT2D eigenvalue weighted by Crippen LogP contribution is 2.30. The van der Waals surface area contributed by atoms with Crippen LogP contribution in [0.2, 0.25) is 0 Å². The standard InChI is InChI=1S/C17H29NS/c1-16(2,3)12-15(14-10-8-7-9-11-14)18-13-17(4,5)19-6/h7-11,15,18H,12-13H2,1-6H3. The number of hydrogen-bond acceptors (Lipinski definition) is 2. The smallest absolute Gasteiger partial charge is 0.0325 e. The molecular formula is C17H29NS. The third-order valence-electron chi connectivity index (χ3n) is 3.35. The second-order valence-corrected chi connectivity index (χ2v) is 8.59. The molecule has 0 aliphatic rings. The lowest BCUT2D eigenvalue weighted by atomic mass is 9.85. The van der Waals surface area contributed by atoms with Crippen molar-refractivity contribution in [2.24, 2.45) is 5.41 Å². The zero-order valence-corrected chi connectivity index (χ0v) is 14.1. The summed E-state index contributed by atoms with van der Waals surface area (Å²) in [5, 5.41) is 3.76. The number of benzene rings is 1. The summed E-state index contributed by atoms with van der Waals surface area (Å²) in [5.74, 6) is 0. The van der Waals surface area contributed by atoms with E-state index in [2.05, 4.69) is 76.5 Å². The molecule has 0 saturated carbocycles. The predicted molar refractivity (Wildman–Crippen MR) is 88.9 cm³/mol. The molecular weight excluding hydrogens is 250 g/mol. The first kappa shape index (κ1) is 16.6. The number of nitrogens with one attached hydrogen (secondary N) is 1. The molecule has 0 aliphatic carbocycles. The molecule has 0 radical (unpaired) electrons. The Hall–Kier alpha value is -0.470. The van der Waals surface area contributed by atoms with Gasteiger partial charge in [-0.3, -0.25) is 0 Å². The Labute approximate surface area is 123 Å². The van der Waals surface area contributed by atoms with E-state index in [0.29, 0.717) is 11.5 Å². The summed E-state index contributed by atoms with van der Waals surface area (Å²) in [6.07, 6.45) is 3.34. The Bertz CT molecular complexity index is 365. The lowest BCUT2D eigenvalue weighted by Gasteiger charge is -2.31. The van der Waals surface area contributed by atoms with Crippen LogP contribution in [0.4, 0.5) is 0 Å². The van der Waals surface area contributed by atoms with E-state index in [-0.39, 0.29) is 4.75 Å². The largest absolute Gasteiger partial charge is 0.309 e. The van der Waals surface area contributed by atoms with Gasteiger partial charge in [-0.05, 0) is 37.5 Å². The fraction of sp³-hybridized carbons (Fsp3) is 0.647. The second-order valence-electron chi connectivity index (χ2n) is 7.07. The molecule has 0 saturated heterocycles. The molecule has 2 heteroatoms. The van der Waals surface area contributed by atoms with Gasteiger partial charge in [-0.2, -0.15) is 11.8 Å². The molecule has 1 atom stereocenters. The number of thioether (sulfide) groups is 1. The molecule has 0 bridgehead atoms. The SMILES string of the molecule is CSC(C)(C)CNC(CC(C)(C)C)c1ccccc1. The van der Waals surface area contributed by atoms with Crippen LogP contribution in [0, 0.1) is 5.41 Å². The van der Waals surface area contributed by atoms with E-state index in [1.54, 1.807) is 0 Å². The fourth-order valence-corrected chi connectivity index (χ4v) is 2.27. The molecule has 108 valence electrons. The second kappa shape index (κ2) is 6.81. The van der Waals surface area contributed by atoms with Gasteiger partial charge in [0.2, 0.25) is 0 Å². The zero-order valence-electron chi connectivity index (χ0n) is 13.3. The van der Waals surface area contributed by atoms with Crippen molar-refractivity contribution < 1.29 is 0 Å². The van der Waals surface area contributed by atoms with E-state index < -0.39 is 0 Å². The molecule has 1 aromatic rings. The first-order chi connectivity index (χ1) is 8.73. The van der Waals surface area contributed by atoms with Gasteiger partial charge in [-0.15, -0.1) is 0 Å². The average Bonchev–Trinajstić information content (AvgIpc) is 2.34. The van der Waals surface area contributed by atoms with Crippen molar-refractivity contribution in [2.75, 3.05) is 12.8 Å². The summed E-state index contributed by atoms with van der Waals surface area (Å²) in [4.78, 5) is 0. The van der Waals surface area contributed by atoms with Gasteiger partial charge < -0.3 is 5.32 Å². The Balaban J connectivity index is 2.77. The molecule has 0 fully saturated rings. The van der Waals surface area contributed by atoms with Crippen LogP contribution < -0.4 is 5.32 Å². The minimum Gasteiger partial charge on any atom is -0.309 e. The van der Waals surface area contributed by atoms with Crippen LogP contribution >= 0.6 is 11.8 Å². The highest BCUT2D eigenvalue weighted by atomic mass is 32.2. The van der Waals surface area contributed by atoms with Crippen LogP contribution in [0.25, 0.3) is 0 Å². The summed E-state index contributed by atoms with van der Waals surface area (Å²) >= 11 is 1.92. The van der Waals surface area contributed by atoms with E-state index in [1.807, 2.05) is 11.8 Å². The van der Waals surface area contributed by atoms with Crippen LogP contribution in [-0.2, 0) is 0 Å². The Morgan fingerprint density at radius 3 is 2.11 bits per heavy atom. The molecule has 19 heavy (non-hydrogen) atoms. The lowest BCUT2D eigenvalue weighted by Crippen LogP contribution is -2.36. The van der Waals surface area contributed by atoms with Crippen molar-refractivity contribution >= 4 is 11.8 Å². The van der Waals surface area contributed by atoms with Gasteiger partial charge in [0.15, 0.2) is 0 Å². The summed E-state index contributed by atoms with van der Waals surface area (Å²) < 4.78 is 0.283. The van der Waals surface area contributed by atoms with E-state index >= 15 is 0 Å².